The van der Waals surface area contributed by atoms with Crippen LogP contribution >= 0.6 is 0 Å². The topological polar surface area (TPSA) is 66.4 Å². The first-order chi connectivity index (χ1) is 11.9. The first kappa shape index (κ1) is 15.3. The molecule has 1 N–H and O–H groups in total. The van der Waals surface area contributed by atoms with Crippen molar-refractivity contribution in [3.05, 3.63) is 36.0 Å². The van der Waals surface area contributed by atoms with E-state index in [4.69, 9.17) is 4.74 Å². The van der Waals surface area contributed by atoms with Gasteiger partial charge in [-0.15, -0.1) is 5.10 Å². The summed E-state index contributed by atoms with van der Waals surface area (Å²) in [5, 5.41) is 11.7. The van der Waals surface area contributed by atoms with E-state index in [1.807, 2.05) is 0 Å². The smallest absolute Gasteiger partial charge is 0.251 e. The second-order valence-electron chi connectivity index (χ2n) is 6.05. The number of nitrogens with one attached hydrogen (secondary N) is 1. The van der Waals surface area contributed by atoms with E-state index in [-0.39, 0.29) is 0 Å². The van der Waals surface area contributed by atoms with Crippen LogP contribution in [-0.2, 0) is 11.2 Å². The van der Waals surface area contributed by atoms with Gasteiger partial charge in [-0.2, -0.15) is 10.1 Å². The summed E-state index contributed by atoms with van der Waals surface area (Å²) in [6.07, 6.45) is 2.71. The summed E-state index contributed by atoms with van der Waals surface area (Å²) in [6.45, 7) is 6.38. The van der Waals surface area contributed by atoms with Crippen LogP contribution < -0.4 is 10.2 Å². The molecule has 3 heterocycles. The predicted molar refractivity (Wildman–Crippen MR) is 92.7 cm³/mol. The summed E-state index contributed by atoms with van der Waals surface area (Å²) in [7, 11) is 0. The highest BCUT2D eigenvalue weighted by Crippen LogP contribution is 2.32. The summed E-state index contributed by atoms with van der Waals surface area (Å²) in [5.41, 5.74) is 2.52. The molecule has 0 bridgehead atoms. The largest absolute Gasteiger partial charge is 0.379 e. The molecule has 0 amide bonds. The van der Waals surface area contributed by atoms with E-state index in [1.54, 1.807) is 6.20 Å². The van der Waals surface area contributed by atoms with E-state index in [0.717, 1.165) is 58.2 Å². The minimum absolute atomic E-state index is 0.663. The number of hydrogen-bond donors (Lipinski definition) is 1. The Morgan fingerprint density at radius 2 is 2.00 bits per heavy atom. The highest BCUT2D eigenvalue weighted by Gasteiger charge is 2.22. The van der Waals surface area contributed by atoms with E-state index < -0.39 is 0 Å². The van der Waals surface area contributed by atoms with Crippen LogP contribution in [0.5, 0.6) is 0 Å². The van der Waals surface area contributed by atoms with Gasteiger partial charge < -0.3 is 15.0 Å². The lowest BCUT2D eigenvalue weighted by atomic mass is 10.2. The van der Waals surface area contributed by atoms with Gasteiger partial charge in [-0.1, -0.05) is 18.2 Å². The quantitative estimate of drug-likeness (QED) is 0.888. The fraction of sp³-hybridized carbons (Fsp3) is 0.471. The zero-order chi connectivity index (χ0) is 16.2. The standard InChI is InChI=1S/C17H22N6O/c1-2-4-15-14(3-1)5-7-23(15)17-20-16(13-19-21-17)18-6-8-22-9-11-24-12-10-22/h1-4,13H,5-12H2,(H,18,20,21). The third-order valence-corrected chi connectivity index (χ3v) is 4.51. The fourth-order valence-electron chi connectivity index (χ4n) is 3.21. The molecule has 0 radical (unpaired) electrons. The van der Waals surface area contributed by atoms with Gasteiger partial charge in [-0.3, -0.25) is 4.90 Å². The molecular formula is C17H22N6O. The SMILES string of the molecule is c1ccc2c(c1)CCN2c1nncc(NCCN2CCOCC2)n1. The molecule has 2 aliphatic heterocycles. The van der Waals surface area contributed by atoms with Gasteiger partial charge in [-0.05, 0) is 18.1 Å². The molecule has 0 unspecified atom stereocenters. The Hall–Kier alpha value is -2.25. The Labute approximate surface area is 141 Å². The second kappa shape index (κ2) is 7.11. The van der Waals surface area contributed by atoms with Gasteiger partial charge in [0.1, 0.15) is 0 Å². The van der Waals surface area contributed by atoms with Crippen LogP contribution in [0.3, 0.4) is 0 Å². The van der Waals surface area contributed by atoms with Gasteiger partial charge in [0, 0.05) is 38.4 Å². The maximum absolute atomic E-state index is 5.37. The Bertz CT molecular complexity index is 688. The number of hydrogen-bond acceptors (Lipinski definition) is 7. The Morgan fingerprint density at radius 3 is 2.92 bits per heavy atom. The molecule has 7 heteroatoms. The number of benzene rings is 1. The maximum atomic E-state index is 5.37. The van der Waals surface area contributed by atoms with Crippen molar-refractivity contribution >= 4 is 17.5 Å². The number of anilines is 3. The molecule has 126 valence electrons. The van der Waals surface area contributed by atoms with Crippen molar-refractivity contribution in [1.82, 2.24) is 20.1 Å². The third-order valence-electron chi connectivity index (χ3n) is 4.51. The van der Waals surface area contributed by atoms with Crippen molar-refractivity contribution in [2.45, 2.75) is 6.42 Å². The highest BCUT2D eigenvalue weighted by molar-refractivity contribution is 5.65. The van der Waals surface area contributed by atoms with Crippen LogP contribution in [0.25, 0.3) is 0 Å². The Morgan fingerprint density at radius 1 is 1.12 bits per heavy atom. The molecule has 7 nitrogen and oxygen atoms in total. The number of aromatic nitrogens is 3. The predicted octanol–water partition coefficient (Wildman–Crippen LogP) is 1.31. The number of fused-ring (bicyclic) bond motifs is 1. The molecule has 0 saturated carbocycles. The molecule has 2 aliphatic rings. The first-order valence-corrected chi connectivity index (χ1v) is 8.49. The monoisotopic (exact) mass is 326 g/mol. The minimum Gasteiger partial charge on any atom is -0.379 e. The summed E-state index contributed by atoms with van der Waals surface area (Å²) >= 11 is 0. The molecular weight excluding hydrogens is 304 g/mol. The van der Waals surface area contributed by atoms with Crippen molar-refractivity contribution in [3.8, 4) is 0 Å². The second-order valence-corrected chi connectivity index (χ2v) is 6.05. The number of ether oxygens (including phenoxy) is 1. The molecule has 2 aromatic rings. The lowest BCUT2D eigenvalue weighted by Gasteiger charge is -2.26. The lowest BCUT2D eigenvalue weighted by Crippen LogP contribution is -2.39. The van der Waals surface area contributed by atoms with Gasteiger partial charge >= 0.3 is 0 Å². The molecule has 1 saturated heterocycles. The summed E-state index contributed by atoms with van der Waals surface area (Å²) < 4.78 is 5.37. The normalized spacial score (nSPS) is 17.8. The van der Waals surface area contributed by atoms with E-state index in [0.29, 0.717) is 5.95 Å². The zero-order valence-corrected chi connectivity index (χ0v) is 13.7. The van der Waals surface area contributed by atoms with E-state index >= 15 is 0 Å². The minimum atomic E-state index is 0.663. The molecule has 1 aromatic carbocycles. The van der Waals surface area contributed by atoms with Crippen LogP contribution in [0.4, 0.5) is 17.5 Å². The van der Waals surface area contributed by atoms with Crippen LogP contribution in [0.15, 0.2) is 30.5 Å². The Kier molecular flexibility index (Phi) is 4.53. The summed E-state index contributed by atoms with van der Waals surface area (Å²) in [6, 6.07) is 8.40. The maximum Gasteiger partial charge on any atom is 0.251 e. The fourth-order valence-corrected chi connectivity index (χ4v) is 3.21. The summed E-state index contributed by atoms with van der Waals surface area (Å²) in [4.78, 5) is 9.16. The van der Waals surface area contributed by atoms with Crippen LogP contribution in [-0.4, -0.2) is 66.0 Å². The van der Waals surface area contributed by atoms with Gasteiger partial charge in [0.05, 0.1) is 19.4 Å². The molecule has 0 spiro atoms. The average molecular weight is 326 g/mol. The van der Waals surface area contributed by atoms with E-state index in [1.165, 1.54) is 11.3 Å². The van der Waals surface area contributed by atoms with Crippen molar-refractivity contribution in [2.24, 2.45) is 0 Å². The molecule has 24 heavy (non-hydrogen) atoms. The molecule has 4 rings (SSSR count). The van der Waals surface area contributed by atoms with E-state index in [2.05, 4.69) is 54.6 Å². The van der Waals surface area contributed by atoms with Gasteiger partial charge in [-0.25, -0.2) is 0 Å². The number of rotatable bonds is 5. The van der Waals surface area contributed by atoms with Crippen molar-refractivity contribution < 1.29 is 4.74 Å². The average Bonchev–Trinajstić information content (AvgIpc) is 3.07. The first-order valence-electron chi connectivity index (χ1n) is 8.49. The van der Waals surface area contributed by atoms with Gasteiger partial charge in [0.25, 0.3) is 5.95 Å². The van der Waals surface area contributed by atoms with Crippen LogP contribution in [0, 0.1) is 0 Å². The van der Waals surface area contributed by atoms with Crippen LogP contribution in [0.2, 0.25) is 0 Å². The Balaban J connectivity index is 1.39. The molecule has 1 aromatic heterocycles. The summed E-state index contributed by atoms with van der Waals surface area (Å²) in [5.74, 6) is 1.44. The molecule has 1 fully saturated rings. The lowest BCUT2D eigenvalue weighted by molar-refractivity contribution is 0.0398. The molecule has 0 aliphatic carbocycles. The van der Waals surface area contributed by atoms with Gasteiger partial charge in [0.15, 0.2) is 5.82 Å². The third kappa shape index (κ3) is 3.32. The van der Waals surface area contributed by atoms with E-state index in [9.17, 15) is 0 Å². The van der Waals surface area contributed by atoms with Crippen molar-refractivity contribution in [1.29, 1.82) is 0 Å². The van der Waals surface area contributed by atoms with Crippen LogP contribution in [0.1, 0.15) is 5.56 Å². The number of morpholine rings is 1. The highest BCUT2D eigenvalue weighted by atomic mass is 16.5. The molecule has 0 atom stereocenters. The zero-order valence-electron chi connectivity index (χ0n) is 13.7. The number of nitrogens with zero attached hydrogens (tertiary/aromatic N) is 5. The van der Waals surface area contributed by atoms with Crippen molar-refractivity contribution in [3.63, 3.8) is 0 Å². The number of para-hydroxylation sites is 1. The van der Waals surface area contributed by atoms with Crippen molar-refractivity contribution in [2.75, 3.05) is 56.2 Å². The van der Waals surface area contributed by atoms with Gasteiger partial charge in [0.2, 0.25) is 0 Å².